The van der Waals surface area contributed by atoms with Crippen molar-refractivity contribution in [1.82, 2.24) is 10.2 Å². The Morgan fingerprint density at radius 3 is 2.30 bits per heavy atom. The maximum atomic E-state index is 11.9. The van der Waals surface area contributed by atoms with Crippen LogP contribution in [0.1, 0.15) is 0 Å². The van der Waals surface area contributed by atoms with Gasteiger partial charge in [0.25, 0.3) is 20.2 Å². The summed E-state index contributed by atoms with van der Waals surface area (Å²) in [6, 6.07) is 5.66. The van der Waals surface area contributed by atoms with E-state index in [4.69, 9.17) is 5.14 Å². The van der Waals surface area contributed by atoms with Gasteiger partial charge in [0.15, 0.2) is 0 Å². The molecule has 0 saturated heterocycles. The van der Waals surface area contributed by atoms with Gasteiger partial charge in [0.2, 0.25) is 0 Å². The van der Waals surface area contributed by atoms with Crippen molar-refractivity contribution in [2.24, 2.45) is 5.14 Å². The number of rotatable bonds is 5. The van der Waals surface area contributed by atoms with Gasteiger partial charge >= 0.3 is 0 Å². The summed E-state index contributed by atoms with van der Waals surface area (Å²) in [5, 5.41) is 10.8. The molecule has 5 N–H and O–H groups in total. The highest BCUT2D eigenvalue weighted by Gasteiger charge is 2.15. The number of hydrogen-bond acceptors (Lipinski definition) is 5. The summed E-state index contributed by atoms with van der Waals surface area (Å²) in [4.78, 5) is -0.0395. The van der Waals surface area contributed by atoms with Crippen molar-refractivity contribution in [2.45, 2.75) is 4.90 Å². The first-order valence-electron chi connectivity index (χ1n) is 5.18. The molecule has 0 radical (unpaired) electrons. The number of nitrogens with zero attached hydrogens (tertiary/aromatic N) is 1. The Bertz CT molecular complexity index is 799. The SMILES string of the molecule is NS(=O)(=O)Nc1cccc(NS(=O)(=O)c2cn[nH]c2)c1. The van der Waals surface area contributed by atoms with Gasteiger partial charge in [0, 0.05) is 6.20 Å². The molecule has 11 heteroatoms. The number of aromatic nitrogens is 2. The smallest absolute Gasteiger partial charge is 0.284 e. The summed E-state index contributed by atoms with van der Waals surface area (Å²) in [6.07, 6.45) is 2.36. The van der Waals surface area contributed by atoms with Crippen molar-refractivity contribution < 1.29 is 16.8 Å². The number of aromatic amines is 1. The highest BCUT2D eigenvalue weighted by Crippen LogP contribution is 2.19. The normalized spacial score (nSPS) is 12.1. The second-order valence-electron chi connectivity index (χ2n) is 3.77. The minimum absolute atomic E-state index is 0.0395. The molecule has 0 amide bonds. The lowest BCUT2D eigenvalue weighted by Gasteiger charge is -2.08. The molecule has 0 aliphatic rings. The molecule has 0 saturated carbocycles. The molecule has 9 nitrogen and oxygen atoms in total. The number of hydrogen-bond donors (Lipinski definition) is 4. The average molecular weight is 317 g/mol. The van der Waals surface area contributed by atoms with E-state index >= 15 is 0 Å². The molecule has 108 valence electrons. The average Bonchev–Trinajstić information content (AvgIpc) is 2.80. The number of H-pyrrole nitrogens is 1. The zero-order valence-corrected chi connectivity index (χ0v) is 11.6. The van der Waals surface area contributed by atoms with E-state index in [2.05, 4.69) is 14.9 Å². The first kappa shape index (κ1) is 14.3. The zero-order chi connectivity index (χ0) is 14.8. The van der Waals surface area contributed by atoms with Crippen molar-refractivity contribution in [3.8, 4) is 0 Å². The van der Waals surface area contributed by atoms with Gasteiger partial charge in [0.05, 0.1) is 17.6 Å². The van der Waals surface area contributed by atoms with Crippen LogP contribution in [0.3, 0.4) is 0 Å². The van der Waals surface area contributed by atoms with Crippen LogP contribution >= 0.6 is 0 Å². The molecule has 0 bridgehead atoms. The van der Waals surface area contributed by atoms with Crippen LogP contribution in [0.2, 0.25) is 0 Å². The number of anilines is 2. The molecule has 0 fully saturated rings. The van der Waals surface area contributed by atoms with Crippen LogP contribution in [0.15, 0.2) is 41.6 Å². The number of benzene rings is 1. The first-order chi connectivity index (χ1) is 9.26. The Morgan fingerprint density at radius 2 is 1.75 bits per heavy atom. The lowest BCUT2D eigenvalue weighted by Crippen LogP contribution is -2.21. The lowest BCUT2D eigenvalue weighted by molar-refractivity contribution is 0.600. The third-order valence-electron chi connectivity index (χ3n) is 2.16. The molecule has 1 aromatic heterocycles. The molecule has 0 aliphatic carbocycles. The molecule has 0 aliphatic heterocycles. The molecule has 1 aromatic carbocycles. The van der Waals surface area contributed by atoms with E-state index < -0.39 is 20.2 Å². The van der Waals surface area contributed by atoms with Crippen molar-refractivity contribution in [3.05, 3.63) is 36.7 Å². The highest BCUT2D eigenvalue weighted by molar-refractivity contribution is 7.92. The standard InChI is InChI=1S/C9H11N5O4S2/c10-20(17,18)14-8-3-1-2-7(4-8)13-19(15,16)9-5-11-12-6-9/h1-6,13-14H,(H,11,12)(H2,10,17,18). The summed E-state index contributed by atoms with van der Waals surface area (Å²) in [5.74, 6) is 0. The predicted octanol–water partition coefficient (Wildman–Crippen LogP) is -0.174. The second-order valence-corrected chi connectivity index (χ2v) is 6.74. The Kier molecular flexibility index (Phi) is 3.65. The number of sulfonamides is 1. The van der Waals surface area contributed by atoms with E-state index in [9.17, 15) is 16.8 Å². The molecule has 0 atom stereocenters. The monoisotopic (exact) mass is 317 g/mol. The van der Waals surface area contributed by atoms with Crippen molar-refractivity contribution in [3.63, 3.8) is 0 Å². The Balaban J connectivity index is 2.25. The van der Waals surface area contributed by atoms with Gasteiger partial charge in [-0.1, -0.05) is 6.07 Å². The summed E-state index contributed by atoms with van der Waals surface area (Å²) in [7, 11) is -7.71. The lowest BCUT2D eigenvalue weighted by atomic mass is 10.3. The van der Waals surface area contributed by atoms with E-state index in [0.29, 0.717) is 0 Å². The molecule has 0 unspecified atom stereocenters. The quantitative estimate of drug-likeness (QED) is 0.604. The minimum atomic E-state index is -3.92. The summed E-state index contributed by atoms with van der Waals surface area (Å²) in [5.41, 5.74) is 0.319. The van der Waals surface area contributed by atoms with Gasteiger partial charge < -0.3 is 0 Å². The second kappa shape index (κ2) is 5.11. The predicted molar refractivity (Wildman–Crippen MR) is 72.6 cm³/mol. The fourth-order valence-electron chi connectivity index (χ4n) is 1.41. The summed E-state index contributed by atoms with van der Waals surface area (Å²) >= 11 is 0. The van der Waals surface area contributed by atoms with E-state index in [1.54, 1.807) is 0 Å². The zero-order valence-electron chi connectivity index (χ0n) is 9.94. The molecule has 1 heterocycles. The largest absolute Gasteiger partial charge is 0.296 e. The Morgan fingerprint density at radius 1 is 1.10 bits per heavy atom. The maximum absolute atomic E-state index is 11.9. The third kappa shape index (κ3) is 3.69. The van der Waals surface area contributed by atoms with Crippen LogP contribution in [-0.4, -0.2) is 27.0 Å². The van der Waals surface area contributed by atoms with Gasteiger partial charge in [-0.05, 0) is 18.2 Å². The van der Waals surface area contributed by atoms with E-state index in [1.807, 2.05) is 4.72 Å². The number of nitrogens with two attached hydrogens (primary N) is 1. The summed E-state index contributed by atoms with van der Waals surface area (Å²) < 4.78 is 50.0. The van der Waals surface area contributed by atoms with Crippen molar-refractivity contribution in [1.29, 1.82) is 0 Å². The number of nitrogens with one attached hydrogen (secondary N) is 3. The van der Waals surface area contributed by atoms with Gasteiger partial charge in [0.1, 0.15) is 4.90 Å². The summed E-state index contributed by atoms with van der Waals surface area (Å²) in [6.45, 7) is 0. The molecular formula is C9H11N5O4S2. The van der Waals surface area contributed by atoms with Crippen molar-refractivity contribution >= 4 is 31.6 Å². The Hall–Kier alpha value is -2.11. The molecule has 0 spiro atoms. The Labute approximate surface area is 115 Å². The fraction of sp³-hybridized carbons (Fsp3) is 0. The van der Waals surface area contributed by atoms with Crippen LogP contribution in [0, 0.1) is 0 Å². The minimum Gasteiger partial charge on any atom is -0.284 e. The van der Waals surface area contributed by atoms with Gasteiger partial charge in [-0.3, -0.25) is 14.5 Å². The van der Waals surface area contributed by atoms with Crippen LogP contribution in [0.25, 0.3) is 0 Å². The van der Waals surface area contributed by atoms with Gasteiger partial charge in [-0.15, -0.1) is 0 Å². The van der Waals surface area contributed by atoms with Gasteiger partial charge in [-0.25, -0.2) is 13.6 Å². The molecule has 2 rings (SSSR count). The van der Waals surface area contributed by atoms with E-state index in [1.165, 1.54) is 30.5 Å². The fourth-order valence-corrected chi connectivity index (χ4v) is 2.82. The molecule has 2 aromatic rings. The first-order valence-corrected chi connectivity index (χ1v) is 8.21. The third-order valence-corrected chi connectivity index (χ3v) is 4.03. The topological polar surface area (TPSA) is 147 Å². The van der Waals surface area contributed by atoms with Crippen LogP contribution in [-0.2, 0) is 20.2 Å². The van der Waals surface area contributed by atoms with Crippen LogP contribution in [0.5, 0.6) is 0 Å². The highest BCUT2D eigenvalue weighted by atomic mass is 32.2. The van der Waals surface area contributed by atoms with Crippen molar-refractivity contribution in [2.75, 3.05) is 9.44 Å². The van der Waals surface area contributed by atoms with Crippen LogP contribution in [0.4, 0.5) is 11.4 Å². The molecular weight excluding hydrogens is 306 g/mol. The van der Waals surface area contributed by atoms with E-state index in [0.717, 1.165) is 6.20 Å². The van der Waals surface area contributed by atoms with E-state index in [-0.39, 0.29) is 16.3 Å². The maximum Gasteiger partial charge on any atom is 0.296 e. The molecule has 20 heavy (non-hydrogen) atoms. The van der Waals surface area contributed by atoms with Gasteiger partial charge in [-0.2, -0.15) is 13.5 Å². The van der Waals surface area contributed by atoms with Crippen LogP contribution < -0.4 is 14.6 Å².